The molecule has 1 aliphatic heterocycles. The van der Waals surface area contributed by atoms with Crippen LogP contribution in [0.2, 0.25) is 0 Å². The number of nitrogens with two attached hydrogens (primary N) is 1. The summed E-state index contributed by atoms with van der Waals surface area (Å²) in [5, 5.41) is 8.79. The summed E-state index contributed by atoms with van der Waals surface area (Å²) in [6.07, 6.45) is 0.643. The summed E-state index contributed by atoms with van der Waals surface area (Å²) in [4.78, 5) is 12.0. The van der Waals surface area contributed by atoms with Crippen LogP contribution in [0.1, 0.15) is 26.7 Å². The smallest absolute Gasteiger partial charge is 0.408 e. The maximum absolute atomic E-state index is 10.7. The van der Waals surface area contributed by atoms with Crippen LogP contribution in [-0.4, -0.2) is 28.8 Å². The predicted octanol–water partition coefficient (Wildman–Crippen LogP) is 1.07. The number of rotatable bonds is 0. The summed E-state index contributed by atoms with van der Waals surface area (Å²) in [5.74, 6) is 0. The van der Waals surface area contributed by atoms with Crippen LogP contribution in [0.25, 0.3) is 0 Å². The van der Waals surface area contributed by atoms with Gasteiger partial charge in [-0.15, -0.1) is 0 Å². The molecular formula is C8H16N2O2. The van der Waals surface area contributed by atoms with E-state index in [0.29, 0.717) is 6.54 Å². The molecule has 0 bridgehead atoms. The number of piperidine rings is 1. The van der Waals surface area contributed by atoms with Gasteiger partial charge in [0.1, 0.15) is 0 Å². The second-order valence-corrected chi connectivity index (χ2v) is 4.01. The highest BCUT2D eigenvalue weighted by atomic mass is 16.4. The highest BCUT2D eigenvalue weighted by molar-refractivity contribution is 5.65. The molecule has 0 aromatic heterocycles. The Hall–Kier alpha value is -0.770. The Morgan fingerprint density at radius 1 is 1.67 bits per heavy atom. The van der Waals surface area contributed by atoms with Gasteiger partial charge in [-0.25, -0.2) is 4.79 Å². The second kappa shape index (κ2) is 2.94. The van der Waals surface area contributed by atoms with Gasteiger partial charge >= 0.3 is 6.09 Å². The number of carboxylic acid groups (broad SMARTS) is 1. The van der Waals surface area contributed by atoms with Crippen LogP contribution in [-0.2, 0) is 0 Å². The SMILES string of the molecule is CC1(C)CCCN(C(=O)O)C1N. The molecular weight excluding hydrogens is 156 g/mol. The third-order valence-corrected chi connectivity index (χ3v) is 2.60. The molecule has 3 N–H and O–H groups in total. The first-order valence-electron chi connectivity index (χ1n) is 4.20. The van der Waals surface area contributed by atoms with Crippen molar-refractivity contribution in [3.63, 3.8) is 0 Å². The number of likely N-dealkylation sites (tertiary alicyclic amines) is 1. The lowest BCUT2D eigenvalue weighted by Gasteiger charge is -2.42. The van der Waals surface area contributed by atoms with E-state index in [-0.39, 0.29) is 11.6 Å². The summed E-state index contributed by atoms with van der Waals surface area (Å²) < 4.78 is 0. The summed E-state index contributed by atoms with van der Waals surface area (Å²) in [7, 11) is 0. The minimum absolute atomic E-state index is 0.0867. The molecule has 1 unspecified atom stereocenters. The van der Waals surface area contributed by atoms with E-state index in [9.17, 15) is 4.79 Å². The van der Waals surface area contributed by atoms with Crippen LogP contribution < -0.4 is 5.73 Å². The third-order valence-electron chi connectivity index (χ3n) is 2.60. The van der Waals surface area contributed by atoms with Crippen molar-refractivity contribution in [3.8, 4) is 0 Å². The lowest BCUT2D eigenvalue weighted by Crippen LogP contribution is -2.56. The molecule has 4 nitrogen and oxygen atoms in total. The van der Waals surface area contributed by atoms with Crippen molar-refractivity contribution in [2.75, 3.05) is 6.54 Å². The van der Waals surface area contributed by atoms with Crippen LogP contribution in [0, 0.1) is 5.41 Å². The molecule has 1 heterocycles. The molecule has 1 fully saturated rings. The molecule has 1 rings (SSSR count). The fourth-order valence-corrected chi connectivity index (χ4v) is 1.63. The van der Waals surface area contributed by atoms with Gasteiger partial charge in [0.05, 0.1) is 6.17 Å². The maximum Gasteiger partial charge on any atom is 0.408 e. The lowest BCUT2D eigenvalue weighted by molar-refractivity contribution is 0.0429. The molecule has 0 aromatic rings. The van der Waals surface area contributed by atoms with Gasteiger partial charge in [-0.2, -0.15) is 0 Å². The average molecular weight is 172 g/mol. The fourth-order valence-electron chi connectivity index (χ4n) is 1.63. The quantitative estimate of drug-likeness (QED) is 0.574. The molecule has 4 heteroatoms. The first kappa shape index (κ1) is 9.32. The van der Waals surface area contributed by atoms with E-state index < -0.39 is 6.09 Å². The van der Waals surface area contributed by atoms with Crippen molar-refractivity contribution in [1.29, 1.82) is 0 Å². The number of nitrogens with zero attached hydrogens (tertiary/aromatic N) is 1. The van der Waals surface area contributed by atoms with Crippen molar-refractivity contribution in [1.82, 2.24) is 4.90 Å². The zero-order chi connectivity index (χ0) is 9.35. The van der Waals surface area contributed by atoms with Crippen LogP contribution in [0.15, 0.2) is 0 Å². The first-order valence-corrected chi connectivity index (χ1v) is 4.20. The zero-order valence-corrected chi connectivity index (χ0v) is 7.58. The molecule has 0 aromatic carbocycles. The van der Waals surface area contributed by atoms with Crippen molar-refractivity contribution >= 4 is 6.09 Å². The van der Waals surface area contributed by atoms with Crippen molar-refractivity contribution < 1.29 is 9.90 Å². The average Bonchev–Trinajstić information content (AvgIpc) is 1.94. The molecule has 0 saturated carbocycles. The number of hydrogen-bond acceptors (Lipinski definition) is 2. The summed E-state index contributed by atoms with van der Waals surface area (Å²) in [5.41, 5.74) is 5.72. The predicted molar refractivity (Wildman–Crippen MR) is 45.7 cm³/mol. The van der Waals surface area contributed by atoms with E-state index in [1.165, 1.54) is 4.90 Å². The van der Waals surface area contributed by atoms with Gasteiger partial charge < -0.3 is 10.8 Å². The molecule has 0 spiro atoms. The van der Waals surface area contributed by atoms with E-state index in [2.05, 4.69) is 0 Å². The van der Waals surface area contributed by atoms with Gasteiger partial charge in [0.25, 0.3) is 0 Å². The fraction of sp³-hybridized carbons (Fsp3) is 0.875. The van der Waals surface area contributed by atoms with Crippen LogP contribution in [0.5, 0.6) is 0 Å². The van der Waals surface area contributed by atoms with Crippen molar-refractivity contribution in [2.24, 2.45) is 11.1 Å². The monoisotopic (exact) mass is 172 g/mol. The summed E-state index contributed by atoms with van der Waals surface area (Å²) >= 11 is 0. The van der Waals surface area contributed by atoms with Gasteiger partial charge in [-0.1, -0.05) is 13.8 Å². The van der Waals surface area contributed by atoms with Crippen LogP contribution in [0.4, 0.5) is 4.79 Å². The molecule has 12 heavy (non-hydrogen) atoms. The number of hydrogen-bond donors (Lipinski definition) is 2. The molecule has 70 valence electrons. The standard InChI is InChI=1S/C8H16N2O2/c1-8(2)4-3-5-10(6(8)9)7(11)12/h6H,3-5,9H2,1-2H3,(H,11,12). The molecule has 1 amide bonds. The Bertz CT molecular complexity index is 191. The van der Waals surface area contributed by atoms with Crippen LogP contribution >= 0.6 is 0 Å². The van der Waals surface area contributed by atoms with Gasteiger partial charge in [-0.05, 0) is 18.3 Å². The molecule has 0 aliphatic carbocycles. The van der Waals surface area contributed by atoms with E-state index in [1.807, 2.05) is 13.8 Å². The van der Waals surface area contributed by atoms with Crippen molar-refractivity contribution in [3.05, 3.63) is 0 Å². The number of carbonyl (C=O) groups is 1. The Balaban J connectivity index is 2.73. The maximum atomic E-state index is 10.7. The van der Waals surface area contributed by atoms with Gasteiger partial charge in [0.15, 0.2) is 0 Å². The van der Waals surface area contributed by atoms with E-state index >= 15 is 0 Å². The normalized spacial score (nSPS) is 28.6. The second-order valence-electron chi connectivity index (χ2n) is 4.01. The Morgan fingerprint density at radius 2 is 2.25 bits per heavy atom. The van der Waals surface area contributed by atoms with Crippen LogP contribution in [0.3, 0.4) is 0 Å². The third kappa shape index (κ3) is 1.53. The minimum Gasteiger partial charge on any atom is -0.465 e. The van der Waals surface area contributed by atoms with Gasteiger partial charge in [0.2, 0.25) is 0 Å². The highest BCUT2D eigenvalue weighted by Crippen LogP contribution is 2.32. The van der Waals surface area contributed by atoms with E-state index in [1.54, 1.807) is 0 Å². The Kier molecular flexibility index (Phi) is 2.28. The topological polar surface area (TPSA) is 66.6 Å². The summed E-state index contributed by atoms with van der Waals surface area (Å²) in [6.45, 7) is 4.58. The van der Waals surface area contributed by atoms with Gasteiger partial charge in [-0.3, -0.25) is 4.90 Å². The lowest BCUT2D eigenvalue weighted by atomic mass is 9.81. The minimum atomic E-state index is -0.907. The first-order chi connectivity index (χ1) is 5.45. The molecule has 0 radical (unpaired) electrons. The van der Waals surface area contributed by atoms with E-state index in [4.69, 9.17) is 10.8 Å². The van der Waals surface area contributed by atoms with E-state index in [0.717, 1.165) is 12.8 Å². The number of amides is 1. The largest absolute Gasteiger partial charge is 0.465 e. The highest BCUT2D eigenvalue weighted by Gasteiger charge is 2.37. The Morgan fingerprint density at radius 3 is 2.67 bits per heavy atom. The molecule has 1 atom stereocenters. The zero-order valence-electron chi connectivity index (χ0n) is 7.58. The molecule has 1 saturated heterocycles. The molecule has 1 aliphatic rings. The van der Waals surface area contributed by atoms with Crippen molar-refractivity contribution in [2.45, 2.75) is 32.9 Å². The van der Waals surface area contributed by atoms with Gasteiger partial charge in [0, 0.05) is 6.54 Å². The summed E-state index contributed by atoms with van der Waals surface area (Å²) in [6, 6.07) is 0. The Labute approximate surface area is 72.3 Å².